The van der Waals surface area contributed by atoms with Crippen molar-refractivity contribution in [2.75, 3.05) is 6.54 Å². The Kier molecular flexibility index (Phi) is 5.99. The highest BCUT2D eigenvalue weighted by atomic mass is 16.6. The predicted octanol–water partition coefficient (Wildman–Crippen LogP) is 4.22. The Morgan fingerprint density at radius 2 is 1.62 bits per heavy atom. The van der Waals surface area contributed by atoms with E-state index in [9.17, 15) is 9.59 Å². The number of carbonyl (C=O) groups is 2. The second kappa shape index (κ2) is 8.86. The summed E-state index contributed by atoms with van der Waals surface area (Å²) in [6.45, 7) is 6.31. The van der Waals surface area contributed by atoms with Gasteiger partial charge in [0.25, 0.3) is 5.91 Å². The summed E-state index contributed by atoms with van der Waals surface area (Å²) >= 11 is 0. The molecule has 7 nitrogen and oxygen atoms in total. The molecular weight excluding hydrogens is 404 g/mol. The summed E-state index contributed by atoms with van der Waals surface area (Å²) < 4.78 is 5.51. The third-order valence-corrected chi connectivity index (χ3v) is 5.34. The number of nitrogens with one attached hydrogen (secondary N) is 2. The van der Waals surface area contributed by atoms with Gasteiger partial charge in [-0.25, -0.2) is 4.79 Å². The maximum atomic E-state index is 13.3. The number of fused-ring (bicyclic) bond motifs is 1. The lowest BCUT2D eigenvalue weighted by Crippen LogP contribution is -2.40. The molecule has 2 N–H and O–H groups in total. The van der Waals surface area contributed by atoms with Crippen LogP contribution in [0.3, 0.4) is 0 Å². The molecule has 0 unspecified atom stereocenters. The van der Waals surface area contributed by atoms with Crippen LogP contribution in [-0.2, 0) is 17.7 Å². The number of H-pyrrole nitrogens is 1. The second-order valence-electron chi connectivity index (χ2n) is 8.91. The average molecular weight is 433 g/mol. The van der Waals surface area contributed by atoms with Crippen LogP contribution < -0.4 is 5.32 Å². The summed E-state index contributed by atoms with van der Waals surface area (Å²) in [6.07, 6.45) is 0.206. The molecule has 2 heterocycles. The van der Waals surface area contributed by atoms with Crippen molar-refractivity contribution in [1.29, 1.82) is 0 Å². The molecule has 2 aromatic carbocycles. The molecule has 166 valence electrons. The van der Waals surface area contributed by atoms with Gasteiger partial charge in [0.1, 0.15) is 5.60 Å². The van der Waals surface area contributed by atoms with Crippen LogP contribution in [0.4, 0.5) is 4.79 Å². The minimum atomic E-state index is -0.577. The maximum absolute atomic E-state index is 13.3. The zero-order chi connectivity index (χ0) is 22.7. The number of rotatable bonds is 4. The van der Waals surface area contributed by atoms with Crippen LogP contribution >= 0.6 is 0 Å². The van der Waals surface area contributed by atoms with E-state index in [4.69, 9.17) is 4.74 Å². The van der Waals surface area contributed by atoms with Crippen molar-refractivity contribution < 1.29 is 14.3 Å². The van der Waals surface area contributed by atoms with Gasteiger partial charge < -0.3 is 15.0 Å². The van der Waals surface area contributed by atoms with E-state index in [-0.39, 0.29) is 24.6 Å². The third kappa shape index (κ3) is 4.82. The van der Waals surface area contributed by atoms with Gasteiger partial charge in [-0.15, -0.1) is 0 Å². The Bertz CT molecular complexity index is 1050. The first-order valence-electron chi connectivity index (χ1n) is 10.8. The number of benzene rings is 2. The zero-order valence-corrected chi connectivity index (χ0v) is 18.6. The number of aromatic nitrogens is 2. The van der Waals surface area contributed by atoms with Crippen LogP contribution in [0.2, 0.25) is 0 Å². The number of hydrogen-bond donors (Lipinski definition) is 2. The van der Waals surface area contributed by atoms with Gasteiger partial charge in [-0.3, -0.25) is 9.89 Å². The van der Waals surface area contributed by atoms with Crippen LogP contribution in [0.5, 0.6) is 0 Å². The average Bonchev–Trinajstić information content (AvgIpc) is 3.21. The van der Waals surface area contributed by atoms with E-state index >= 15 is 0 Å². The van der Waals surface area contributed by atoms with Gasteiger partial charge in [-0.2, -0.15) is 5.10 Å². The quantitative estimate of drug-likeness (QED) is 0.646. The van der Waals surface area contributed by atoms with Crippen LogP contribution in [0.15, 0.2) is 60.7 Å². The van der Waals surface area contributed by atoms with Crippen LogP contribution in [0.25, 0.3) is 0 Å². The highest BCUT2D eigenvalue weighted by Crippen LogP contribution is 2.25. The molecule has 0 saturated heterocycles. The van der Waals surface area contributed by atoms with E-state index in [1.54, 1.807) is 4.90 Å². The second-order valence-corrected chi connectivity index (χ2v) is 8.91. The highest BCUT2D eigenvalue weighted by molar-refractivity contribution is 5.94. The van der Waals surface area contributed by atoms with E-state index in [1.165, 1.54) is 0 Å². The predicted molar refractivity (Wildman–Crippen MR) is 121 cm³/mol. The Hall–Kier alpha value is -3.61. The minimum Gasteiger partial charge on any atom is -0.444 e. The Morgan fingerprint density at radius 3 is 2.19 bits per heavy atom. The van der Waals surface area contributed by atoms with Crippen molar-refractivity contribution in [2.45, 2.75) is 45.4 Å². The van der Waals surface area contributed by atoms with E-state index in [2.05, 4.69) is 15.5 Å². The number of ether oxygens (including phenoxy) is 1. The smallest absolute Gasteiger partial charge is 0.410 e. The van der Waals surface area contributed by atoms with Gasteiger partial charge in [0.15, 0.2) is 5.69 Å². The lowest BCUT2D eigenvalue weighted by molar-refractivity contribution is 0.0222. The first kappa shape index (κ1) is 21.6. The Morgan fingerprint density at radius 1 is 1.03 bits per heavy atom. The molecule has 7 heteroatoms. The fraction of sp³-hybridized carbons (Fsp3) is 0.320. The SMILES string of the molecule is CC(C)(C)OC(=O)N1CCc2[nH]nc(C(=O)NC(c3ccccc3)c3ccccc3)c2C1. The molecule has 0 radical (unpaired) electrons. The molecule has 4 rings (SSSR count). The van der Waals surface area contributed by atoms with Crippen LogP contribution in [0.1, 0.15) is 59.7 Å². The molecular formula is C25H28N4O3. The number of carbonyl (C=O) groups excluding carboxylic acids is 2. The fourth-order valence-corrected chi connectivity index (χ4v) is 3.81. The van der Waals surface area contributed by atoms with Gasteiger partial charge >= 0.3 is 6.09 Å². The molecule has 3 aromatic rings. The number of nitrogens with zero attached hydrogens (tertiary/aromatic N) is 2. The van der Waals surface area contributed by atoms with Crippen molar-refractivity contribution in [1.82, 2.24) is 20.4 Å². The highest BCUT2D eigenvalue weighted by Gasteiger charge is 2.31. The fourth-order valence-electron chi connectivity index (χ4n) is 3.81. The number of aromatic amines is 1. The van der Waals surface area contributed by atoms with Crippen LogP contribution in [0, 0.1) is 0 Å². The standard InChI is InChI=1S/C25H28N4O3/c1-25(2,3)32-24(31)29-15-14-20-19(16-29)22(28-27-20)23(30)26-21(17-10-6-4-7-11-17)18-12-8-5-9-13-18/h4-13,21H,14-16H2,1-3H3,(H,26,30)(H,27,28). The first-order valence-corrected chi connectivity index (χ1v) is 10.8. The van der Waals surface area contributed by atoms with E-state index in [0.717, 1.165) is 22.4 Å². The summed E-state index contributed by atoms with van der Waals surface area (Å²) in [5, 5.41) is 10.4. The molecule has 32 heavy (non-hydrogen) atoms. The summed E-state index contributed by atoms with van der Waals surface area (Å²) in [4.78, 5) is 27.5. The zero-order valence-electron chi connectivity index (χ0n) is 18.6. The number of amides is 2. The summed E-state index contributed by atoms with van der Waals surface area (Å²) in [5.74, 6) is -0.286. The van der Waals surface area contributed by atoms with Crippen molar-refractivity contribution in [3.05, 3.63) is 88.7 Å². The largest absolute Gasteiger partial charge is 0.444 e. The van der Waals surface area contributed by atoms with Gasteiger partial charge in [0.2, 0.25) is 0 Å². The summed E-state index contributed by atoms with van der Waals surface area (Å²) in [5.41, 5.74) is 3.31. The Labute approximate surface area is 187 Å². The van der Waals surface area contributed by atoms with Crippen molar-refractivity contribution >= 4 is 12.0 Å². The van der Waals surface area contributed by atoms with Gasteiger partial charge in [-0.1, -0.05) is 60.7 Å². The normalized spacial score (nSPS) is 13.6. The Balaban J connectivity index is 1.57. The molecule has 0 fully saturated rings. The lowest BCUT2D eigenvalue weighted by Gasteiger charge is -2.30. The maximum Gasteiger partial charge on any atom is 0.410 e. The number of hydrogen-bond acceptors (Lipinski definition) is 4. The topological polar surface area (TPSA) is 87.3 Å². The molecule has 0 bridgehead atoms. The minimum absolute atomic E-state index is 0.283. The van der Waals surface area contributed by atoms with Crippen molar-refractivity contribution in [3.8, 4) is 0 Å². The van der Waals surface area contributed by atoms with Crippen LogP contribution in [-0.4, -0.2) is 39.2 Å². The summed E-state index contributed by atoms with van der Waals surface area (Å²) in [7, 11) is 0. The molecule has 0 saturated carbocycles. The van der Waals surface area contributed by atoms with Gasteiger partial charge in [-0.05, 0) is 31.9 Å². The van der Waals surface area contributed by atoms with Gasteiger partial charge in [0, 0.05) is 24.2 Å². The molecule has 1 aliphatic rings. The van der Waals surface area contributed by atoms with Crippen molar-refractivity contribution in [3.63, 3.8) is 0 Å². The monoisotopic (exact) mass is 432 g/mol. The lowest BCUT2D eigenvalue weighted by atomic mass is 9.98. The van der Waals surface area contributed by atoms with E-state index in [0.29, 0.717) is 18.7 Å². The summed E-state index contributed by atoms with van der Waals surface area (Å²) in [6, 6.07) is 19.3. The molecule has 0 atom stereocenters. The van der Waals surface area contributed by atoms with E-state index in [1.807, 2.05) is 81.4 Å². The third-order valence-electron chi connectivity index (χ3n) is 5.34. The molecule has 1 aromatic heterocycles. The molecule has 2 amide bonds. The van der Waals surface area contributed by atoms with Gasteiger partial charge in [0.05, 0.1) is 12.6 Å². The van der Waals surface area contributed by atoms with E-state index < -0.39 is 5.60 Å². The molecule has 0 spiro atoms. The van der Waals surface area contributed by atoms with Crippen molar-refractivity contribution in [2.24, 2.45) is 0 Å². The molecule has 1 aliphatic heterocycles. The first-order chi connectivity index (χ1) is 15.3. The molecule has 0 aliphatic carbocycles.